The lowest BCUT2D eigenvalue weighted by Crippen LogP contribution is -2.45. The standard InChI is InChI=1S/C27H18F3N3O3/c28-27(29,30)18-12-6-7-13-19(18)32-25(35)20-21(26(32)36)23(24(34)15-8-2-1-3-9-15)33-22(20)17-11-5-4-10-16(17)14-31-33/h1-14,20-23H/t20-,21+,22+,23-/m0/s1. The highest BCUT2D eigenvalue weighted by Gasteiger charge is 2.65. The number of alkyl halides is 3. The van der Waals surface area contributed by atoms with Crippen LogP contribution in [0.15, 0.2) is 84.0 Å². The number of anilines is 1. The van der Waals surface area contributed by atoms with Gasteiger partial charge in [0.2, 0.25) is 11.8 Å². The predicted molar refractivity (Wildman–Crippen MR) is 124 cm³/mol. The Balaban J connectivity index is 1.52. The fourth-order valence-corrected chi connectivity index (χ4v) is 5.59. The number of benzene rings is 3. The fraction of sp³-hybridized carbons (Fsp3) is 0.185. The highest BCUT2D eigenvalue weighted by atomic mass is 19.4. The third-order valence-electron chi connectivity index (χ3n) is 7.07. The van der Waals surface area contributed by atoms with Crippen molar-refractivity contribution in [3.8, 4) is 0 Å². The van der Waals surface area contributed by atoms with Gasteiger partial charge in [-0.3, -0.25) is 19.4 Å². The Labute approximate surface area is 203 Å². The van der Waals surface area contributed by atoms with Gasteiger partial charge in [-0.25, -0.2) is 4.90 Å². The topological polar surface area (TPSA) is 70.0 Å². The van der Waals surface area contributed by atoms with Gasteiger partial charge in [-0.15, -0.1) is 0 Å². The maximum Gasteiger partial charge on any atom is 0.418 e. The third kappa shape index (κ3) is 3.12. The number of carbonyl (C=O) groups is 3. The van der Waals surface area contributed by atoms with Crippen LogP contribution in [0.5, 0.6) is 0 Å². The molecule has 4 atom stereocenters. The van der Waals surface area contributed by atoms with Crippen molar-refractivity contribution in [3.63, 3.8) is 0 Å². The summed E-state index contributed by atoms with van der Waals surface area (Å²) < 4.78 is 41.4. The number of rotatable bonds is 3. The molecule has 0 N–H and O–H groups in total. The largest absolute Gasteiger partial charge is 0.418 e. The van der Waals surface area contributed by atoms with Gasteiger partial charge < -0.3 is 0 Å². The van der Waals surface area contributed by atoms with Crippen LogP contribution < -0.4 is 4.90 Å². The van der Waals surface area contributed by atoms with E-state index in [2.05, 4.69) is 5.10 Å². The normalized spacial score (nSPS) is 24.5. The molecule has 0 spiro atoms. The van der Waals surface area contributed by atoms with Gasteiger partial charge in [-0.2, -0.15) is 18.3 Å². The molecule has 3 aromatic rings. The first kappa shape index (κ1) is 22.2. The summed E-state index contributed by atoms with van der Waals surface area (Å²) in [7, 11) is 0. The summed E-state index contributed by atoms with van der Waals surface area (Å²) in [5, 5.41) is 5.93. The molecule has 6 rings (SSSR count). The molecule has 3 aliphatic rings. The Hall–Kier alpha value is -4.27. The molecular weight excluding hydrogens is 471 g/mol. The monoisotopic (exact) mass is 489 g/mol. The second-order valence-electron chi connectivity index (χ2n) is 8.95. The summed E-state index contributed by atoms with van der Waals surface area (Å²) in [6, 6.07) is 18.0. The molecule has 9 heteroatoms. The minimum atomic E-state index is -4.78. The minimum Gasteiger partial charge on any atom is -0.292 e. The summed E-state index contributed by atoms with van der Waals surface area (Å²) in [6.45, 7) is 0. The van der Waals surface area contributed by atoms with E-state index in [4.69, 9.17) is 0 Å². The number of Topliss-reactive ketones (excluding diaryl/α,β-unsaturated/α-hetero) is 1. The Morgan fingerprint density at radius 2 is 1.44 bits per heavy atom. The fourth-order valence-electron chi connectivity index (χ4n) is 5.59. The van der Waals surface area contributed by atoms with E-state index in [9.17, 15) is 27.6 Å². The van der Waals surface area contributed by atoms with E-state index in [1.54, 1.807) is 60.8 Å². The number of amides is 2. The lowest BCUT2D eigenvalue weighted by Gasteiger charge is -2.34. The van der Waals surface area contributed by atoms with Crippen molar-refractivity contribution in [2.24, 2.45) is 16.9 Å². The third-order valence-corrected chi connectivity index (χ3v) is 7.07. The Morgan fingerprint density at radius 1 is 0.806 bits per heavy atom. The summed E-state index contributed by atoms with van der Waals surface area (Å²) in [4.78, 5) is 41.9. The minimum absolute atomic E-state index is 0.324. The average Bonchev–Trinajstić information content (AvgIpc) is 3.36. The van der Waals surface area contributed by atoms with E-state index in [1.165, 1.54) is 17.1 Å². The van der Waals surface area contributed by atoms with Gasteiger partial charge in [0.1, 0.15) is 6.04 Å². The van der Waals surface area contributed by atoms with E-state index in [1.807, 2.05) is 0 Å². The van der Waals surface area contributed by atoms with Crippen LogP contribution in [0, 0.1) is 11.8 Å². The van der Waals surface area contributed by atoms with Crippen LogP contribution in [0.1, 0.15) is 33.1 Å². The van der Waals surface area contributed by atoms with Crippen molar-refractivity contribution in [1.29, 1.82) is 0 Å². The maximum absolute atomic E-state index is 13.8. The number of hydrogen-bond acceptors (Lipinski definition) is 5. The summed E-state index contributed by atoms with van der Waals surface area (Å²) in [6.07, 6.45) is -3.20. The van der Waals surface area contributed by atoms with Gasteiger partial charge in [0.25, 0.3) is 0 Å². The van der Waals surface area contributed by atoms with Crippen molar-refractivity contribution < 1.29 is 27.6 Å². The van der Waals surface area contributed by atoms with Gasteiger partial charge in [-0.1, -0.05) is 66.7 Å². The second kappa shape index (κ2) is 7.87. The molecular formula is C27H18F3N3O3. The van der Waals surface area contributed by atoms with Crippen LogP contribution in [-0.2, 0) is 15.8 Å². The van der Waals surface area contributed by atoms with Gasteiger partial charge in [0.05, 0.1) is 35.3 Å². The molecule has 0 aromatic heterocycles. The van der Waals surface area contributed by atoms with Crippen LogP contribution in [0.2, 0.25) is 0 Å². The Morgan fingerprint density at radius 3 is 2.19 bits per heavy atom. The van der Waals surface area contributed by atoms with E-state index >= 15 is 0 Å². The van der Waals surface area contributed by atoms with Crippen LogP contribution in [0.25, 0.3) is 0 Å². The molecule has 0 unspecified atom stereocenters. The quantitative estimate of drug-likeness (QED) is 0.402. The summed E-state index contributed by atoms with van der Waals surface area (Å²) in [5.74, 6) is -4.29. The van der Waals surface area contributed by atoms with Gasteiger partial charge in [0.15, 0.2) is 5.78 Å². The Kier molecular flexibility index (Phi) is 4.86. The molecule has 0 radical (unpaired) electrons. The van der Waals surface area contributed by atoms with E-state index in [-0.39, 0.29) is 0 Å². The zero-order valence-corrected chi connectivity index (χ0v) is 18.6. The molecule has 3 aromatic carbocycles. The zero-order valence-electron chi connectivity index (χ0n) is 18.6. The number of carbonyl (C=O) groups excluding carboxylic acids is 3. The van der Waals surface area contributed by atoms with Crippen LogP contribution in [0.4, 0.5) is 18.9 Å². The zero-order chi connectivity index (χ0) is 25.2. The van der Waals surface area contributed by atoms with E-state index in [0.29, 0.717) is 16.0 Å². The first-order valence-corrected chi connectivity index (χ1v) is 11.3. The van der Waals surface area contributed by atoms with Crippen molar-refractivity contribution in [3.05, 3.63) is 101 Å². The molecule has 0 saturated carbocycles. The molecule has 36 heavy (non-hydrogen) atoms. The van der Waals surface area contributed by atoms with Crippen LogP contribution in [-0.4, -0.2) is 34.9 Å². The number of halogens is 3. The Bertz CT molecular complexity index is 1440. The second-order valence-corrected chi connectivity index (χ2v) is 8.95. The number of ketones is 1. The lowest BCUT2D eigenvalue weighted by atomic mass is 9.83. The molecule has 3 aliphatic heterocycles. The first-order valence-electron chi connectivity index (χ1n) is 11.3. The number of imide groups is 1. The predicted octanol–water partition coefficient (Wildman–Crippen LogP) is 4.47. The van der Waals surface area contributed by atoms with Crippen molar-refractivity contribution in [1.82, 2.24) is 5.01 Å². The number of nitrogens with zero attached hydrogens (tertiary/aromatic N) is 3. The average molecular weight is 489 g/mol. The number of para-hydroxylation sites is 1. The number of hydrazone groups is 1. The molecule has 0 aliphatic carbocycles. The van der Waals surface area contributed by atoms with Gasteiger partial charge >= 0.3 is 6.18 Å². The summed E-state index contributed by atoms with van der Waals surface area (Å²) >= 11 is 0. The van der Waals surface area contributed by atoms with Crippen molar-refractivity contribution >= 4 is 29.5 Å². The molecule has 6 nitrogen and oxygen atoms in total. The maximum atomic E-state index is 13.8. The highest BCUT2D eigenvalue weighted by Crippen LogP contribution is 2.54. The lowest BCUT2D eigenvalue weighted by molar-refractivity contribution is -0.137. The number of hydrogen-bond donors (Lipinski definition) is 0. The SMILES string of the molecule is O=C(c1ccccc1)[C@@H]1[C@@H]2C(=O)N(c3ccccc3C(F)(F)F)C(=O)[C@@H]2[C@H]2c3ccccc3C=NN12. The number of fused-ring (bicyclic) bond motifs is 5. The highest BCUT2D eigenvalue weighted by molar-refractivity contribution is 6.25. The molecule has 2 fully saturated rings. The molecule has 2 amide bonds. The van der Waals surface area contributed by atoms with Crippen LogP contribution in [0.3, 0.4) is 0 Å². The van der Waals surface area contributed by atoms with Gasteiger partial charge in [0, 0.05) is 5.56 Å². The first-order chi connectivity index (χ1) is 17.3. The van der Waals surface area contributed by atoms with Crippen molar-refractivity contribution in [2.75, 3.05) is 4.90 Å². The molecule has 2 saturated heterocycles. The van der Waals surface area contributed by atoms with Gasteiger partial charge in [-0.05, 0) is 23.3 Å². The molecule has 3 heterocycles. The van der Waals surface area contributed by atoms with E-state index < -0.39 is 58.9 Å². The molecule has 180 valence electrons. The van der Waals surface area contributed by atoms with E-state index in [0.717, 1.165) is 17.7 Å². The molecule has 0 bridgehead atoms. The summed E-state index contributed by atoms with van der Waals surface area (Å²) in [5.41, 5.74) is 0.124. The van der Waals surface area contributed by atoms with Crippen molar-refractivity contribution in [2.45, 2.75) is 18.3 Å². The van der Waals surface area contributed by atoms with Crippen LogP contribution >= 0.6 is 0 Å². The smallest absolute Gasteiger partial charge is 0.292 e.